The van der Waals surface area contributed by atoms with Gasteiger partial charge >= 0.3 is 6.09 Å². The molecule has 1 amide bonds. The lowest BCUT2D eigenvalue weighted by molar-refractivity contribution is -0.168. The molecule has 1 unspecified atom stereocenters. The van der Waals surface area contributed by atoms with Crippen molar-refractivity contribution in [3.63, 3.8) is 0 Å². The molecule has 27 heavy (non-hydrogen) atoms. The standard InChI is InChI=1S/C20H28N2O5/c1-18(2,3)27-17(25)22-20-11-19(12-20,13-20)10-15(24)16(6-9-23)26-14-4-7-21-8-5-14/h4-5,7-8,16,23H,6,9-13H2,1-3H3,(H,22,25). The van der Waals surface area contributed by atoms with Crippen LogP contribution in [0.15, 0.2) is 24.5 Å². The molecule has 0 spiro atoms. The minimum Gasteiger partial charge on any atom is -0.482 e. The Morgan fingerprint density at radius 2 is 1.89 bits per heavy atom. The number of ether oxygens (including phenoxy) is 2. The molecule has 3 aliphatic rings. The third-order valence-electron chi connectivity index (χ3n) is 5.13. The number of aliphatic hydroxyl groups excluding tert-OH is 1. The summed E-state index contributed by atoms with van der Waals surface area (Å²) in [5.74, 6) is 0.559. The number of carbonyl (C=O) groups is 2. The second-order valence-corrected chi connectivity index (χ2v) is 8.88. The van der Waals surface area contributed by atoms with Crippen LogP contribution in [-0.4, -0.2) is 45.8 Å². The SMILES string of the molecule is CC(C)(C)OC(=O)NC12CC(CC(=O)C(CCO)Oc3ccncc3)(C1)C2. The Hall–Kier alpha value is -2.15. The van der Waals surface area contributed by atoms with Crippen molar-refractivity contribution < 1.29 is 24.2 Å². The molecule has 3 aliphatic carbocycles. The lowest BCUT2D eigenvalue weighted by Gasteiger charge is -2.70. The number of aliphatic hydroxyl groups is 1. The summed E-state index contributed by atoms with van der Waals surface area (Å²) in [5, 5.41) is 12.2. The van der Waals surface area contributed by atoms with Crippen LogP contribution in [0.4, 0.5) is 4.79 Å². The van der Waals surface area contributed by atoms with Crippen LogP contribution in [0.2, 0.25) is 0 Å². The number of hydrogen-bond acceptors (Lipinski definition) is 6. The normalized spacial score (nSPS) is 27.0. The van der Waals surface area contributed by atoms with E-state index < -0.39 is 17.8 Å². The molecule has 2 N–H and O–H groups in total. The van der Waals surface area contributed by atoms with Crippen LogP contribution in [0.25, 0.3) is 0 Å². The molecule has 0 aromatic carbocycles. The fourth-order valence-electron chi connectivity index (χ4n) is 4.31. The van der Waals surface area contributed by atoms with Crippen LogP contribution < -0.4 is 10.1 Å². The van der Waals surface area contributed by atoms with Gasteiger partial charge in [0.2, 0.25) is 0 Å². The summed E-state index contributed by atoms with van der Waals surface area (Å²) in [6.07, 6.45) is 5.15. The van der Waals surface area contributed by atoms with Crippen LogP contribution in [0, 0.1) is 5.41 Å². The van der Waals surface area contributed by atoms with Crippen LogP contribution in [-0.2, 0) is 9.53 Å². The topological polar surface area (TPSA) is 97.8 Å². The molecule has 0 radical (unpaired) electrons. The number of rotatable bonds is 8. The number of aromatic nitrogens is 1. The highest BCUT2D eigenvalue weighted by Gasteiger charge is 2.69. The molecule has 7 nitrogen and oxygen atoms in total. The summed E-state index contributed by atoms with van der Waals surface area (Å²) < 4.78 is 11.1. The molecule has 0 aliphatic heterocycles. The van der Waals surface area contributed by atoms with Gasteiger partial charge in [0.25, 0.3) is 0 Å². The Labute approximate surface area is 159 Å². The number of Topliss-reactive ketones (excluding diaryl/α,β-unsaturated/α-hetero) is 1. The van der Waals surface area contributed by atoms with Gasteiger partial charge in [0.05, 0.1) is 0 Å². The van der Waals surface area contributed by atoms with E-state index in [-0.39, 0.29) is 29.8 Å². The molecule has 2 bridgehead atoms. The van der Waals surface area contributed by atoms with Crippen LogP contribution in [0.5, 0.6) is 5.75 Å². The largest absolute Gasteiger partial charge is 0.482 e. The third kappa shape index (κ3) is 4.58. The Balaban J connectivity index is 1.50. The van der Waals surface area contributed by atoms with Crippen LogP contribution in [0.3, 0.4) is 0 Å². The maximum absolute atomic E-state index is 12.7. The molecule has 1 aromatic heterocycles. The first-order valence-electron chi connectivity index (χ1n) is 9.36. The number of pyridine rings is 1. The van der Waals surface area contributed by atoms with Crippen molar-refractivity contribution in [2.75, 3.05) is 6.61 Å². The first kappa shape index (κ1) is 19.6. The maximum atomic E-state index is 12.7. The molecule has 1 atom stereocenters. The predicted octanol–water partition coefficient (Wildman–Crippen LogP) is 2.62. The van der Waals surface area contributed by atoms with Crippen molar-refractivity contribution in [2.24, 2.45) is 5.41 Å². The zero-order chi connectivity index (χ0) is 19.7. The van der Waals surface area contributed by atoms with E-state index in [1.807, 2.05) is 20.8 Å². The quantitative estimate of drug-likeness (QED) is 0.724. The lowest BCUT2D eigenvalue weighted by atomic mass is 9.38. The van der Waals surface area contributed by atoms with E-state index in [0.717, 1.165) is 19.3 Å². The average Bonchev–Trinajstić information content (AvgIpc) is 2.50. The zero-order valence-electron chi connectivity index (χ0n) is 16.2. The Morgan fingerprint density at radius 1 is 1.26 bits per heavy atom. The van der Waals surface area contributed by atoms with E-state index in [1.54, 1.807) is 24.5 Å². The van der Waals surface area contributed by atoms with Crippen molar-refractivity contribution in [3.05, 3.63) is 24.5 Å². The zero-order valence-corrected chi connectivity index (χ0v) is 16.2. The Bertz CT molecular complexity index is 678. The monoisotopic (exact) mass is 376 g/mol. The molecule has 3 fully saturated rings. The molecule has 1 heterocycles. The first-order chi connectivity index (χ1) is 12.6. The van der Waals surface area contributed by atoms with Crippen molar-refractivity contribution in [3.8, 4) is 5.75 Å². The Kier molecular flexibility index (Phi) is 5.16. The molecule has 7 heteroatoms. The summed E-state index contributed by atoms with van der Waals surface area (Å²) >= 11 is 0. The Morgan fingerprint density at radius 3 is 2.44 bits per heavy atom. The third-order valence-corrected chi connectivity index (χ3v) is 5.13. The number of amides is 1. The van der Waals surface area contributed by atoms with Crippen molar-refractivity contribution in [1.82, 2.24) is 10.3 Å². The number of nitrogens with one attached hydrogen (secondary N) is 1. The molecule has 1 aromatic rings. The molecular weight excluding hydrogens is 348 g/mol. The van der Waals surface area contributed by atoms with E-state index in [4.69, 9.17) is 9.47 Å². The van der Waals surface area contributed by atoms with Gasteiger partial charge in [-0.3, -0.25) is 9.78 Å². The van der Waals surface area contributed by atoms with Gasteiger partial charge in [0.1, 0.15) is 11.4 Å². The molecule has 148 valence electrons. The molecule has 3 saturated carbocycles. The second-order valence-electron chi connectivity index (χ2n) is 8.88. The summed E-state index contributed by atoms with van der Waals surface area (Å²) in [6, 6.07) is 3.39. The molecule has 0 saturated heterocycles. The number of carbonyl (C=O) groups excluding carboxylic acids is 2. The first-order valence-corrected chi connectivity index (χ1v) is 9.36. The van der Waals surface area contributed by atoms with E-state index in [1.165, 1.54) is 0 Å². The second kappa shape index (κ2) is 7.11. The smallest absolute Gasteiger partial charge is 0.408 e. The van der Waals surface area contributed by atoms with Crippen molar-refractivity contribution in [2.45, 2.75) is 70.1 Å². The average molecular weight is 376 g/mol. The number of ketones is 1. The number of alkyl carbamates (subject to hydrolysis) is 1. The molecule has 4 rings (SSSR count). The van der Waals surface area contributed by atoms with E-state index >= 15 is 0 Å². The summed E-state index contributed by atoms with van der Waals surface area (Å²) in [5.41, 5.74) is -0.800. The van der Waals surface area contributed by atoms with Gasteiger partial charge in [0, 0.05) is 37.4 Å². The highest BCUT2D eigenvalue weighted by Crippen LogP contribution is 2.69. The van der Waals surface area contributed by atoms with Gasteiger partial charge in [0.15, 0.2) is 11.9 Å². The minimum atomic E-state index is -0.666. The van der Waals surface area contributed by atoms with Gasteiger partial charge in [-0.05, 0) is 57.6 Å². The number of hydrogen-bond donors (Lipinski definition) is 2. The van der Waals surface area contributed by atoms with E-state index in [9.17, 15) is 14.7 Å². The predicted molar refractivity (Wildman–Crippen MR) is 98.4 cm³/mol. The van der Waals surface area contributed by atoms with Gasteiger partial charge in [-0.25, -0.2) is 4.79 Å². The fourth-order valence-corrected chi connectivity index (χ4v) is 4.31. The van der Waals surface area contributed by atoms with Gasteiger partial charge < -0.3 is 19.9 Å². The lowest BCUT2D eigenvalue weighted by Crippen LogP contribution is -2.75. The summed E-state index contributed by atoms with van der Waals surface area (Å²) in [7, 11) is 0. The van der Waals surface area contributed by atoms with E-state index in [0.29, 0.717) is 12.2 Å². The van der Waals surface area contributed by atoms with Gasteiger partial charge in [-0.1, -0.05) is 0 Å². The molecular formula is C20H28N2O5. The highest BCUT2D eigenvalue weighted by atomic mass is 16.6. The van der Waals surface area contributed by atoms with E-state index in [2.05, 4.69) is 10.3 Å². The summed E-state index contributed by atoms with van der Waals surface area (Å²) in [4.78, 5) is 28.6. The van der Waals surface area contributed by atoms with Crippen LogP contribution >= 0.6 is 0 Å². The van der Waals surface area contributed by atoms with Gasteiger partial charge in [-0.2, -0.15) is 0 Å². The maximum Gasteiger partial charge on any atom is 0.408 e. The fraction of sp³-hybridized carbons (Fsp3) is 0.650. The van der Waals surface area contributed by atoms with Crippen molar-refractivity contribution >= 4 is 11.9 Å². The number of nitrogens with zero attached hydrogens (tertiary/aromatic N) is 1. The minimum absolute atomic E-state index is 0.00793. The van der Waals surface area contributed by atoms with Crippen LogP contribution in [0.1, 0.15) is 52.9 Å². The highest BCUT2D eigenvalue weighted by molar-refractivity contribution is 5.85. The summed E-state index contributed by atoms with van der Waals surface area (Å²) in [6.45, 7) is 5.38. The van der Waals surface area contributed by atoms with Crippen molar-refractivity contribution in [1.29, 1.82) is 0 Å². The van der Waals surface area contributed by atoms with Gasteiger partial charge in [-0.15, -0.1) is 0 Å².